The lowest BCUT2D eigenvalue weighted by Crippen LogP contribution is -2.15. The van der Waals surface area contributed by atoms with Gasteiger partial charge in [0.25, 0.3) is 5.91 Å². The molecule has 0 saturated heterocycles. The van der Waals surface area contributed by atoms with Gasteiger partial charge in [-0.15, -0.1) is 0 Å². The lowest BCUT2D eigenvalue weighted by Gasteiger charge is -2.08. The molecule has 0 aromatic heterocycles. The summed E-state index contributed by atoms with van der Waals surface area (Å²) in [5.74, 6) is -0.273. The molecule has 0 fully saturated rings. The quantitative estimate of drug-likeness (QED) is 0.311. The van der Waals surface area contributed by atoms with E-state index in [4.69, 9.17) is 10.9 Å². The number of oxime groups is 1. The van der Waals surface area contributed by atoms with E-state index in [2.05, 4.69) is 42.3 Å². The van der Waals surface area contributed by atoms with Crippen LogP contribution in [0.4, 0.5) is 5.69 Å². The van der Waals surface area contributed by atoms with Crippen LogP contribution < -0.4 is 11.1 Å². The monoisotopic (exact) mass is 411 g/mol. The number of nitrogens with zero attached hydrogens (tertiary/aromatic N) is 1. The maximum atomic E-state index is 12.2. The summed E-state index contributed by atoms with van der Waals surface area (Å²) in [4.78, 5) is 12.2. The van der Waals surface area contributed by atoms with Gasteiger partial charge in [0.2, 0.25) is 0 Å². The first kappa shape index (κ1) is 15.5. The highest BCUT2D eigenvalue weighted by Crippen LogP contribution is 2.21. The fourth-order valence-corrected chi connectivity index (χ4v) is 3.00. The largest absolute Gasteiger partial charge is 0.409 e. The second-order valence-electron chi connectivity index (χ2n) is 4.18. The van der Waals surface area contributed by atoms with Crippen LogP contribution in [0.15, 0.2) is 56.6 Å². The minimum atomic E-state index is -0.256. The molecule has 4 N–H and O–H groups in total. The Kier molecular flexibility index (Phi) is 4.98. The van der Waals surface area contributed by atoms with Crippen molar-refractivity contribution in [3.8, 4) is 0 Å². The Morgan fingerprint density at radius 1 is 1.10 bits per heavy atom. The fraction of sp³-hybridized carbons (Fsp3) is 0. The van der Waals surface area contributed by atoms with Crippen LogP contribution in [0.2, 0.25) is 0 Å². The molecule has 2 aromatic rings. The van der Waals surface area contributed by atoms with Crippen molar-refractivity contribution >= 4 is 49.3 Å². The summed E-state index contributed by atoms with van der Waals surface area (Å²) in [6.45, 7) is 0. The summed E-state index contributed by atoms with van der Waals surface area (Å²) < 4.78 is 1.60. The third-order valence-corrected chi connectivity index (χ3v) is 3.56. The number of hydrogen-bond acceptors (Lipinski definition) is 3. The van der Waals surface area contributed by atoms with E-state index >= 15 is 0 Å². The second-order valence-corrected chi connectivity index (χ2v) is 6.01. The molecule has 7 heteroatoms. The van der Waals surface area contributed by atoms with E-state index in [1.807, 2.05) is 6.07 Å². The van der Waals surface area contributed by atoms with E-state index in [1.54, 1.807) is 36.4 Å². The van der Waals surface area contributed by atoms with Gasteiger partial charge in [0, 0.05) is 25.8 Å². The Labute approximate surface area is 138 Å². The molecule has 0 spiro atoms. The maximum absolute atomic E-state index is 12.2. The number of amidine groups is 1. The summed E-state index contributed by atoms with van der Waals surface area (Å²) in [6.07, 6.45) is 0. The molecule has 108 valence electrons. The Balaban J connectivity index is 2.23. The lowest BCUT2D eigenvalue weighted by molar-refractivity contribution is 0.102. The van der Waals surface area contributed by atoms with Crippen LogP contribution in [0, 0.1) is 0 Å². The van der Waals surface area contributed by atoms with Crippen molar-refractivity contribution in [2.24, 2.45) is 10.9 Å². The van der Waals surface area contributed by atoms with Crippen molar-refractivity contribution in [2.75, 3.05) is 5.32 Å². The molecular formula is C14H11Br2N3O2. The van der Waals surface area contributed by atoms with E-state index in [1.165, 1.54) is 0 Å². The SMILES string of the molecule is N/C(=N/O)c1cccc(NC(=O)c2cc(Br)cc(Br)c2)c1. The molecule has 1 amide bonds. The van der Waals surface area contributed by atoms with Crippen molar-refractivity contribution in [2.45, 2.75) is 0 Å². The number of hydrogen-bond donors (Lipinski definition) is 3. The smallest absolute Gasteiger partial charge is 0.255 e. The van der Waals surface area contributed by atoms with Crippen LogP contribution in [0.5, 0.6) is 0 Å². The van der Waals surface area contributed by atoms with Gasteiger partial charge in [-0.3, -0.25) is 4.79 Å². The van der Waals surface area contributed by atoms with Gasteiger partial charge in [0.1, 0.15) is 0 Å². The molecule has 0 radical (unpaired) electrons. The zero-order valence-electron chi connectivity index (χ0n) is 10.7. The minimum absolute atomic E-state index is 0.0173. The molecule has 5 nitrogen and oxygen atoms in total. The number of anilines is 1. The third kappa shape index (κ3) is 4.05. The van der Waals surface area contributed by atoms with E-state index in [9.17, 15) is 4.79 Å². The van der Waals surface area contributed by atoms with Gasteiger partial charge in [0.15, 0.2) is 5.84 Å². The molecular weight excluding hydrogens is 402 g/mol. The molecule has 0 aliphatic carbocycles. The van der Waals surface area contributed by atoms with E-state index in [-0.39, 0.29) is 11.7 Å². The molecule has 2 aromatic carbocycles. The highest BCUT2D eigenvalue weighted by Gasteiger charge is 2.09. The zero-order chi connectivity index (χ0) is 15.4. The molecule has 2 rings (SSSR count). The second kappa shape index (κ2) is 6.73. The minimum Gasteiger partial charge on any atom is -0.409 e. The van der Waals surface area contributed by atoms with Gasteiger partial charge in [-0.1, -0.05) is 49.1 Å². The van der Waals surface area contributed by atoms with Crippen molar-refractivity contribution in [1.29, 1.82) is 0 Å². The van der Waals surface area contributed by atoms with Crippen LogP contribution >= 0.6 is 31.9 Å². The lowest BCUT2D eigenvalue weighted by atomic mass is 10.1. The number of benzene rings is 2. The maximum Gasteiger partial charge on any atom is 0.255 e. The van der Waals surface area contributed by atoms with Crippen LogP contribution in [-0.2, 0) is 0 Å². The van der Waals surface area contributed by atoms with Crippen molar-refractivity contribution < 1.29 is 10.0 Å². The highest BCUT2D eigenvalue weighted by molar-refractivity contribution is 9.11. The topological polar surface area (TPSA) is 87.7 Å². The first-order chi connectivity index (χ1) is 9.99. The van der Waals surface area contributed by atoms with E-state index in [0.29, 0.717) is 16.8 Å². The number of nitrogens with one attached hydrogen (secondary N) is 1. The molecule has 0 unspecified atom stereocenters. The number of carbonyl (C=O) groups is 1. The standard InChI is InChI=1S/C14H11Br2N3O2/c15-10-4-9(5-11(16)7-10)14(20)18-12-3-1-2-8(6-12)13(17)19-21/h1-7,21H,(H2,17,19)(H,18,20). The van der Waals surface area contributed by atoms with Crippen LogP contribution in [0.3, 0.4) is 0 Å². The summed E-state index contributed by atoms with van der Waals surface area (Å²) in [7, 11) is 0. The average molecular weight is 413 g/mol. The summed E-state index contributed by atoms with van der Waals surface area (Å²) >= 11 is 6.67. The molecule has 0 bridgehead atoms. The first-order valence-corrected chi connectivity index (χ1v) is 7.43. The van der Waals surface area contributed by atoms with Gasteiger partial charge >= 0.3 is 0 Å². The van der Waals surface area contributed by atoms with Crippen molar-refractivity contribution in [1.82, 2.24) is 0 Å². The van der Waals surface area contributed by atoms with Gasteiger partial charge in [-0.2, -0.15) is 0 Å². The third-order valence-electron chi connectivity index (χ3n) is 2.65. The molecule has 0 atom stereocenters. The van der Waals surface area contributed by atoms with Crippen molar-refractivity contribution in [3.05, 3.63) is 62.5 Å². The van der Waals surface area contributed by atoms with Gasteiger partial charge in [0.05, 0.1) is 0 Å². The molecule has 0 aliphatic heterocycles. The van der Waals surface area contributed by atoms with E-state index < -0.39 is 0 Å². The Bertz CT molecular complexity index is 697. The van der Waals surface area contributed by atoms with Gasteiger partial charge in [-0.05, 0) is 30.3 Å². The van der Waals surface area contributed by atoms with Crippen LogP contribution in [0.25, 0.3) is 0 Å². The van der Waals surface area contributed by atoms with Gasteiger partial charge in [-0.25, -0.2) is 0 Å². The Morgan fingerprint density at radius 2 is 1.76 bits per heavy atom. The molecule has 0 saturated carbocycles. The van der Waals surface area contributed by atoms with Gasteiger partial charge < -0.3 is 16.3 Å². The highest BCUT2D eigenvalue weighted by atomic mass is 79.9. The molecule has 0 heterocycles. The van der Waals surface area contributed by atoms with E-state index in [0.717, 1.165) is 8.95 Å². The average Bonchev–Trinajstić information content (AvgIpc) is 2.45. The summed E-state index contributed by atoms with van der Waals surface area (Å²) in [5.41, 5.74) is 7.10. The van der Waals surface area contributed by atoms with Crippen LogP contribution in [-0.4, -0.2) is 17.0 Å². The normalized spacial score (nSPS) is 11.2. The first-order valence-electron chi connectivity index (χ1n) is 5.85. The number of rotatable bonds is 3. The summed E-state index contributed by atoms with van der Waals surface area (Å²) in [6, 6.07) is 12.0. The van der Waals surface area contributed by atoms with Crippen LogP contribution in [0.1, 0.15) is 15.9 Å². The molecule has 0 aliphatic rings. The number of amides is 1. The zero-order valence-corrected chi connectivity index (χ0v) is 13.8. The number of halogens is 2. The van der Waals surface area contributed by atoms with Crippen molar-refractivity contribution in [3.63, 3.8) is 0 Å². The Hall–Kier alpha value is -1.86. The number of nitrogens with two attached hydrogens (primary N) is 1. The molecule has 21 heavy (non-hydrogen) atoms. The summed E-state index contributed by atoms with van der Waals surface area (Å²) in [5, 5.41) is 14.4. The predicted octanol–water partition coefficient (Wildman–Crippen LogP) is 3.56. The predicted molar refractivity (Wildman–Crippen MR) is 88.7 cm³/mol. The Morgan fingerprint density at radius 3 is 2.38 bits per heavy atom. The number of carbonyl (C=O) groups excluding carboxylic acids is 1. The fourth-order valence-electron chi connectivity index (χ4n) is 1.70.